The Morgan fingerprint density at radius 3 is 2.31 bits per heavy atom. The summed E-state index contributed by atoms with van der Waals surface area (Å²) in [6.07, 6.45) is 8.43. The maximum atomic E-state index is 12.4. The van der Waals surface area contributed by atoms with E-state index in [0.29, 0.717) is 12.0 Å². The van der Waals surface area contributed by atoms with Gasteiger partial charge < -0.3 is 9.47 Å². The van der Waals surface area contributed by atoms with Crippen LogP contribution in [0.2, 0.25) is 0 Å². The third-order valence-corrected chi connectivity index (χ3v) is 4.70. The number of allylic oxidation sites excluding steroid dienone is 4. The third kappa shape index (κ3) is 6.79. The minimum Gasteiger partial charge on any atom is -0.469 e. The van der Waals surface area contributed by atoms with E-state index >= 15 is 0 Å². The zero-order valence-electron chi connectivity index (χ0n) is 16.5. The van der Waals surface area contributed by atoms with E-state index < -0.39 is 29.9 Å². The Labute approximate surface area is 156 Å². The van der Waals surface area contributed by atoms with Crippen molar-refractivity contribution in [1.82, 2.24) is 0 Å². The average Bonchev–Trinajstić information content (AvgIpc) is 2.61. The summed E-state index contributed by atoms with van der Waals surface area (Å²) in [5, 5.41) is 12.4. The fourth-order valence-corrected chi connectivity index (χ4v) is 3.17. The molecular formula is C21H31O5. The Hall–Kier alpha value is -1.88. The van der Waals surface area contributed by atoms with Crippen LogP contribution in [0.4, 0.5) is 0 Å². The normalized spacial score (nSPS) is 23.1. The topological polar surface area (TPSA) is 72.5 Å². The summed E-state index contributed by atoms with van der Waals surface area (Å²) in [5.74, 6) is -2.54. The Bertz CT molecular complexity index is 581. The van der Waals surface area contributed by atoms with Crippen LogP contribution in [0.5, 0.6) is 0 Å². The summed E-state index contributed by atoms with van der Waals surface area (Å²) in [6, 6.07) is 0. The molecule has 0 heterocycles. The lowest BCUT2D eigenvalue weighted by Crippen LogP contribution is -2.37. The first kappa shape index (κ1) is 22.2. The van der Waals surface area contributed by atoms with Gasteiger partial charge in [-0.15, -0.1) is 0 Å². The maximum Gasteiger partial charge on any atom is 0.313 e. The highest BCUT2D eigenvalue weighted by Gasteiger charge is 2.40. The lowest BCUT2D eigenvalue weighted by atomic mass is 9.78. The van der Waals surface area contributed by atoms with Crippen molar-refractivity contribution in [3.63, 3.8) is 0 Å². The Kier molecular flexibility index (Phi) is 9.35. The molecule has 0 amide bonds. The Morgan fingerprint density at radius 2 is 1.73 bits per heavy atom. The Balaban J connectivity index is 2.75. The van der Waals surface area contributed by atoms with Gasteiger partial charge >= 0.3 is 11.9 Å². The molecule has 0 N–H and O–H groups in total. The molecule has 0 saturated carbocycles. The van der Waals surface area contributed by atoms with Crippen molar-refractivity contribution in [2.24, 2.45) is 11.8 Å². The molecule has 0 bridgehead atoms. The van der Waals surface area contributed by atoms with Gasteiger partial charge in [0.25, 0.3) is 0 Å². The molecular weight excluding hydrogens is 332 g/mol. The van der Waals surface area contributed by atoms with E-state index in [4.69, 9.17) is 9.47 Å². The summed E-state index contributed by atoms with van der Waals surface area (Å²) in [4.78, 5) is 23.9. The van der Waals surface area contributed by atoms with Crippen LogP contribution >= 0.6 is 0 Å². The quantitative estimate of drug-likeness (QED) is 0.479. The van der Waals surface area contributed by atoms with Crippen molar-refractivity contribution in [1.29, 1.82) is 0 Å². The van der Waals surface area contributed by atoms with Crippen LogP contribution in [0, 0.1) is 11.8 Å². The Morgan fingerprint density at radius 1 is 1.08 bits per heavy atom. The lowest BCUT2D eigenvalue weighted by molar-refractivity contribution is -0.157. The number of rotatable bonds is 8. The number of ether oxygens (including phenoxy) is 2. The summed E-state index contributed by atoms with van der Waals surface area (Å²) in [7, 11) is 2.55. The van der Waals surface area contributed by atoms with Crippen molar-refractivity contribution >= 4 is 11.9 Å². The lowest BCUT2D eigenvalue weighted by Gasteiger charge is -2.29. The van der Waals surface area contributed by atoms with E-state index in [2.05, 4.69) is 32.9 Å². The molecule has 1 aliphatic carbocycles. The number of hydrogen-bond acceptors (Lipinski definition) is 4. The molecule has 5 nitrogen and oxygen atoms in total. The summed E-state index contributed by atoms with van der Waals surface area (Å²) >= 11 is 0. The molecule has 0 spiro atoms. The third-order valence-electron chi connectivity index (χ3n) is 4.70. The largest absolute Gasteiger partial charge is 0.469 e. The molecule has 3 unspecified atom stereocenters. The molecule has 1 rings (SSSR count). The van der Waals surface area contributed by atoms with Crippen LogP contribution < -0.4 is 0 Å². The summed E-state index contributed by atoms with van der Waals surface area (Å²) in [6.45, 7) is 6.26. The maximum absolute atomic E-state index is 12.4. The molecule has 0 fully saturated rings. The van der Waals surface area contributed by atoms with Gasteiger partial charge in [-0.25, -0.2) is 5.11 Å². The SMILES string of the molecule is COC(=O)C1C=C(CC/C=C(/C)CCC=C(C)C)C([O])CC1C(=O)OC. The van der Waals surface area contributed by atoms with Gasteiger partial charge in [0, 0.05) is 0 Å². The van der Waals surface area contributed by atoms with Crippen molar-refractivity contribution < 1.29 is 24.2 Å². The van der Waals surface area contributed by atoms with Gasteiger partial charge in [-0.1, -0.05) is 29.4 Å². The van der Waals surface area contributed by atoms with Gasteiger partial charge in [-0.3, -0.25) is 9.59 Å². The number of carbonyl (C=O) groups is 2. The van der Waals surface area contributed by atoms with Crippen LogP contribution in [0.1, 0.15) is 52.9 Å². The molecule has 1 radical (unpaired) electrons. The predicted octanol–water partition coefficient (Wildman–Crippen LogP) is 4.17. The van der Waals surface area contributed by atoms with E-state index in [1.165, 1.54) is 25.4 Å². The van der Waals surface area contributed by atoms with Gasteiger partial charge in [0.15, 0.2) is 0 Å². The molecule has 26 heavy (non-hydrogen) atoms. The van der Waals surface area contributed by atoms with Gasteiger partial charge in [0.1, 0.15) is 6.10 Å². The fraction of sp³-hybridized carbons (Fsp3) is 0.619. The van der Waals surface area contributed by atoms with Crippen molar-refractivity contribution in [3.05, 3.63) is 34.9 Å². The molecule has 1 aliphatic rings. The second-order valence-corrected chi connectivity index (χ2v) is 7.05. The first-order chi connectivity index (χ1) is 12.3. The molecule has 145 valence electrons. The standard InChI is InChI=1S/C21H31O5/c1-14(2)8-6-9-15(3)10-7-11-16-12-17(20(23)25-4)18(13-19(16)22)21(24)26-5/h8,10,12,17-19H,6-7,9,11,13H2,1-5H3/b15-10-. The summed E-state index contributed by atoms with van der Waals surface area (Å²) < 4.78 is 9.53. The zero-order valence-corrected chi connectivity index (χ0v) is 16.5. The number of hydrogen-bond donors (Lipinski definition) is 0. The second kappa shape index (κ2) is 11.0. The van der Waals surface area contributed by atoms with E-state index in [-0.39, 0.29) is 6.42 Å². The van der Waals surface area contributed by atoms with E-state index in [1.807, 2.05) is 0 Å². The van der Waals surface area contributed by atoms with Crippen LogP contribution in [-0.4, -0.2) is 32.3 Å². The van der Waals surface area contributed by atoms with Gasteiger partial charge in [0.2, 0.25) is 0 Å². The number of esters is 2. The minimum atomic E-state index is -0.987. The molecule has 0 saturated heterocycles. The van der Waals surface area contributed by atoms with Crippen molar-refractivity contribution in [3.8, 4) is 0 Å². The fourth-order valence-electron chi connectivity index (χ4n) is 3.17. The van der Waals surface area contributed by atoms with Crippen LogP contribution in [0.3, 0.4) is 0 Å². The van der Waals surface area contributed by atoms with E-state index in [1.54, 1.807) is 6.08 Å². The molecule has 5 heteroatoms. The monoisotopic (exact) mass is 363 g/mol. The first-order valence-corrected chi connectivity index (χ1v) is 9.11. The highest BCUT2D eigenvalue weighted by Crippen LogP contribution is 2.33. The van der Waals surface area contributed by atoms with Gasteiger partial charge in [0.05, 0.1) is 26.1 Å². The van der Waals surface area contributed by atoms with Crippen molar-refractivity contribution in [2.45, 2.75) is 59.0 Å². The second-order valence-electron chi connectivity index (χ2n) is 7.05. The summed E-state index contributed by atoms with van der Waals surface area (Å²) in [5.41, 5.74) is 3.28. The van der Waals surface area contributed by atoms with Crippen LogP contribution in [-0.2, 0) is 24.2 Å². The highest BCUT2D eigenvalue weighted by molar-refractivity contribution is 5.84. The molecule has 0 aromatic carbocycles. The highest BCUT2D eigenvalue weighted by atomic mass is 16.5. The number of carbonyl (C=O) groups excluding carboxylic acids is 2. The average molecular weight is 363 g/mol. The van der Waals surface area contributed by atoms with Crippen LogP contribution in [0.25, 0.3) is 0 Å². The van der Waals surface area contributed by atoms with Crippen LogP contribution in [0.15, 0.2) is 34.9 Å². The molecule has 0 aliphatic heterocycles. The van der Waals surface area contributed by atoms with E-state index in [0.717, 1.165) is 19.3 Å². The minimum absolute atomic E-state index is 0.0710. The molecule has 0 aromatic rings. The zero-order chi connectivity index (χ0) is 19.7. The van der Waals surface area contributed by atoms with Crippen molar-refractivity contribution in [2.75, 3.05) is 14.2 Å². The predicted molar refractivity (Wildman–Crippen MR) is 99.8 cm³/mol. The number of methoxy groups -OCH3 is 2. The smallest absolute Gasteiger partial charge is 0.313 e. The molecule has 0 aromatic heterocycles. The molecule has 3 atom stereocenters. The first-order valence-electron chi connectivity index (χ1n) is 9.11. The van der Waals surface area contributed by atoms with Gasteiger partial charge in [-0.2, -0.15) is 0 Å². The van der Waals surface area contributed by atoms with Gasteiger partial charge in [-0.05, 0) is 58.4 Å². The van der Waals surface area contributed by atoms with E-state index in [9.17, 15) is 14.7 Å².